The third-order valence-electron chi connectivity index (χ3n) is 2.23. The molecular formula is C14H19NO. The van der Waals surface area contributed by atoms with E-state index in [0.29, 0.717) is 6.42 Å². The van der Waals surface area contributed by atoms with Crippen LogP contribution in [0.25, 0.3) is 0 Å². The van der Waals surface area contributed by atoms with Crippen LogP contribution >= 0.6 is 0 Å². The number of nitrogens with two attached hydrogens (primary N) is 1. The molecule has 0 fully saturated rings. The van der Waals surface area contributed by atoms with E-state index >= 15 is 0 Å². The fourth-order valence-corrected chi connectivity index (χ4v) is 1.41. The second kappa shape index (κ2) is 7.05. The van der Waals surface area contributed by atoms with Gasteiger partial charge in [0, 0.05) is 12.0 Å². The van der Waals surface area contributed by atoms with Gasteiger partial charge in [0.15, 0.2) is 0 Å². The highest BCUT2D eigenvalue weighted by Gasteiger charge is 1.94. The molecule has 16 heavy (non-hydrogen) atoms. The van der Waals surface area contributed by atoms with E-state index in [-0.39, 0.29) is 6.10 Å². The first-order chi connectivity index (χ1) is 7.72. The molecule has 2 nitrogen and oxygen atoms in total. The molecule has 0 saturated carbocycles. The predicted molar refractivity (Wildman–Crippen MR) is 67.0 cm³/mol. The summed E-state index contributed by atoms with van der Waals surface area (Å²) in [6, 6.07) is 8.18. The van der Waals surface area contributed by atoms with Gasteiger partial charge in [0.25, 0.3) is 0 Å². The van der Waals surface area contributed by atoms with Gasteiger partial charge in [0.2, 0.25) is 0 Å². The van der Waals surface area contributed by atoms with Crippen molar-refractivity contribution in [1.82, 2.24) is 0 Å². The Kier molecular flexibility index (Phi) is 5.63. The van der Waals surface area contributed by atoms with E-state index in [4.69, 9.17) is 10.8 Å². The highest BCUT2D eigenvalue weighted by Crippen LogP contribution is 2.06. The molecule has 0 amide bonds. The Hall–Kier alpha value is -1.30. The number of aliphatic hydroxyl groups excluding tert-OH is 1. The first-order valence-electron chi connectivity index (χ1n) is 5.68. The van der Waals surface area contributed by atoms with Crippen molar-refractivity contribution in [3.63, 3.8) is 0 Å². The lowest BCUT2D eigenvalue weighted by Gasteiger charge is -2.00. The highest BCUT2D eigenvalue weighted by molar-refractivity contribution is 5.37. The smallest absolute Gasteiger partial charge is 0.0621 e. The lowest BCUT2D eigenvalue weighted by molar-refractivity contribution is 0.201. The fraction of sp³-hybridized carbons (Fsp3) is 0.429. The molecule has 1 rings (SSSR count). The summed E-state index contributed by atoms with van der Waals surface area (Å²) in [4.78, 5) is 0. The highest BCUT2D eigenvalue weighted by atomic mass is 16.3. The van der Waals surface area contributed by atoms with Gasteiger partial charge in [0.05, 0.1) is 6.10 Å². The minimum Gasteiger partial charge on any atom is -0.392 e. The Balaban J connectivity index is 2.62. The van der Waals surface area contributed by atoms with Crippen molar-refractivity contribution < 1.29 is 5.11 Å². The zero-order valence-electron chi connectivity index (χ0n) is 9.74. The minimum atomic E-state index is -0.354. The van der Waals surface area contributed by atoms with Gasteiger partial charge < -0.3 is 10.8 Å². The number of aliphatic hydroxyl groups is 1. The number of hydrogen-bond donors (Lipinski definition) is 2. The van der Waals surface area contributed by atoms with Crippen molar-refractivity contribution in [2.24, 2.45) is 5.73 Å². The third-order valence-corrected chi connectivity index (χ3v) is 2.23. The second-order valence-corrected chi connectivity index (χ2v) is 3.95. The lowest BCUT2D eigenvalue weighted by atomic mass is 10.1. The van der Waals surface area contributed by atoms with Gasteiger partial charge in [0.1, 0.15) is 0 Å². The number of hydrogen-bond acceptors (Lipinski definition) is 2. The summed E-state index contributed by atoms with van der Waals surface area (Å²) in [6.07, 6.45) is 2.17. The lowest BCUT2D eigenvalue weighted by Crippen LogP contribution is -2.00. The van der Waals surface area contributed by atoms with Crippen LogP contribution in [0.15, 0.2) is 24.3 Å². The average molecular weight is 217 g/mol. The van der Waals surface area contributed by atoms with E-state index < -0.39 is 0 Å². The van der Waals surface area contributed by atoms with Crippen LogP contribution in [0.5, 0.6) is 0 Å². The Morgan fingerprint density at radius 2 is 2.25 bits per heavy atom. The van der Waals surface area contributed by atoms with Gasteiger partial charge in [-0.1, -0.05) is 24.0 Å². The zero-order chi connectivity index (χ0) is 11.8. The van der Waals surface area contributed by atoms with E-state index in [9.17, 15) is 0 Å². The molecule has 0 aliphatic carbocycles. The van der Waals surface area contributed by atoms with Crippen LogP contribution in [0.1, 0.15) is 30.9 Å². The molecule has 2 heteroatoms. The van der Waals surface area contributed by atoms with Crippen molar-refractivity contribution in [1.29, 1.82) is 0 Å². The monoisotopic (exact) mass is 217 g/mol. The Morgan fingerprint density at radius 1 is 1.44 bits per heavy atom. The molecular weight excluding hydrogens is 198 g/mol. The van der Waals surface area contributed by atoms with Gasteiger partial charge in [-0.2, -0.15) is 0 Å². The molecule has 1 unspecified atom stereocenters. The average Bonchev–Trinajstić information content (AvgIpc) is 2.26. The molecule has 86 valence electrons. The maximum Gasteiger partial charge on any atom is 0.0621 e. The Morgan fingerprint density at radius 3 is 2.94 bits per heavy atom. The minimum absolute atomic E-state index is 0.354. The standard InChI is InChI=1S/C14H19NO/c1-12(16)5-2-6-13-7-3-8-14(11-13)9-4-10-15/h3,7-8,11-12,16H,4-5,9-10,15H2,1H3. The summed E-state index contributed by atoms with van der Waals surface area (Å²) >= 11 is 0. The van der Waals surface area contributed by atoms with Crippen molar-refractivity contribution >= 4 is 0 Å². The van der Waals surface area contributed by atoms with Crippen LogP contribution < -0.4 is 5.73 Å². The van der Waals surface area contributed by atoms with Crippen LogP contribution in [0.3, 0.4) is 0 Å². The van der Waals surface area contributed by atoms with Crippen LogP contribution in [-0.2, 0) is 6.42 Å². The molecule has 0 spiro atoms. The Bertz CT molecular complexity index is 374. The first kappa shape index (κ1) is 12.8. The normalized spacial score (nSPS) is 11.7. The molecule has 1 aromatic carbocycles. The molecule has 1 aromatic rings. The quantitative estimate of drug-likeness (QED) is 0.754. The molecule has 0 aliphatic rings. The van der Waals surface area contributed by atoms with Gasteiger partial charge in [-0.3, -0.25) is 0 Å². The van der Waals surface area contributed by atoms with Crippen molar-refractivity contribution in [3.05, 3.63) is 35.4 Å². The molecule has 0 radical (unpaired) electrons. The molecule has 1 atom stereocenters. The van der Waals surface area contributed by atoms with Gasteiger partial charge >= 0.3 is 0 Å². The molecule has 0 aromatic heterocycles. The van der Waals surface area contributed by atoms with Crippen molar-refractivity contribution in [3.8, 4) is 11.8 Å². The van der Waals surface area contributed by atoms with Crippen LogP contribution in [0.4, 0.5) is 0 Å². The summed E-state index contributed by atoms with van der Waals surface area (Å²) in [5.74, 6) is 6.01. The van der Waals surface area contributed by atoms with E-state index in [1.807, 2.05) is 12.1 Å². The Labute approximate surface area is 97.5 Å². The SMILES string of the molecule is CC(O)CC#Cc1cccc(CCCN)c1. The van der Waals surface area contributed by atoms with Gasteiger partial charge in [-0.25, -0.2) is 0 Å². The largest absolute Gasteiger partial charge is 0.392 e. The van der Waals surface area contributed by atoms with Crippen LogP contribution in [0.2, 0.25) is 0 Å². The predicted octanol–water partition coefficient (Wildman–Crippen LogP) is 1.70. The molecule has 0 bridgehead atoms. The summed E-state index contributed by atoms with van der Waals surface area (Å²) in [5, 5.41) is 9.08. The van der Waals surface area contributed by atoms with Gasteiger partial charge in [-0.15, -0.1) is 0 Å². The van der Waals surface area contributed by atoms with E-state index in [0.717, 1.165) is 24.9 Å². The molecule has 3 N–H and O–H groups in total. The summed E-state index contributed by atoms with van der Waals surface area (Å²) in [5.41, 5.74) is 7.75. The van der Waals surface area contributed by atoms with Crippen LogP contribution in [0, 0.1) is 11.8 Å². The number of rotatable bonds is 4. The third kappa shape index (κ3) is 4.97. The van der Waals surface area contributed by atoms with Crippen molar-refractivity contribution in [2.75, 3.05) is 6.54 Å². The topological polar surface area (TPSA) is 46.2 Å². The zero-order valence-corrected chi connectivity index (χ0v) is 9.74. The summed E-state index contributed by atoms with van der Waals surface area (Å²) in [7, 11) is 0. The second-order valence-electron chi connectivity index (χ2n) is 3.95. The van der Waals surface area contributed by atoms with Gasteiger partial charge in [-0.05, 0) is 44.0 Å². The van der Waals surface area contributed by atoms with E-state index in [1.54, 1.807) is 6.92 Å². The molecule has 0 heterocycles. The maximum absolute atomic E-state index is 9.08. The number of aryl methyl sites for hydroxylation is 1. The molecule has 0 saturated heterocycles. The van der Waals surface area contributed by atoms with Crippen LogP contribution in [-0.4, -0.2) is 17.8 Å². The number of benzene rings is 1. The fourth-order valence-electron chi connectivity index (χ4n) is 1.41. The van der Waals surface area contributed by atoms with Crippen molar-refractivity contribution in [2.45, 2.75) is 32.3 Å². The van der Waals surface area contributed by atoms with E-state index in [1.165, 1.54) is 5.56 Å². The van der Waals surface area contributed by atoms with E-state index in [2.05, 4.69) is 24.0 Å². The summed E-state index contributed by atoms with van der Waals surface area (Å²) < 4.78 is 0. The maximum atomic E-state index is 9.08. The summed E-state index contributed by atoms with van der Waals surface area (Å²) in [6.45, 7) is 2.46. The first-order valence-corrected chi connectivity index (χ1v) is 5.68. The molecule has 0 aliphatic heterocycles.